The molecule has 2 nitrogen and oxygen atoms in total. The first-order valence-electron chi connectivity index (χ1n) is 10.8. The van der Waals surface area contributed by atoms with E-state index in [2.05, 4.69) is 20.8 Å². The van der Waals surface area contributed by atoms with Crippen molar-refractivity contribution < 1.29 is 9.53 Å². The summed E-state index contributed by atoms with van der Waals surface area (Å²) >= 11 is 0. The summed E-state index contributed by atoms with van der Waals surface area (Å²) in [4.78, 5) is 11.5. The fourth-order valence-corrected chi connectivity index (χ4v) is 2.97. The molecule has 144 valence electrons. The Bertz CT molecular complexity index is 261. The molecule has 2 heteroatoms. The summed E-state index contributed by atoms with van der Waals surface area (Å²) in [6, 6.07) is 0. The van der Waals surface area contributed by atoms with Crippen LogP contribution in [-0.2, 0) is 9.53 Å². The Hall–Kier alpha value is -0.530. The third-order valence-electron chi connectivity index (χ3n) is 4.56. The van der Waals surface area contributed by atoms with Gasteiger partial charge in [-0.15, -0.1) is 0 Å². The lowest BCUT2D eigenvalue weighted by atomic mass is 10.0. The summed E-state index contributed by atoms with van der Waals surface area (Å²) < 4.78 is 5.18. The van der Waals surface area contributed by atoms with Crippen LogP contribution < -0.4 is 0 Å². The second-order valence-corrected chi connectivity index (χ2v) is 7.78. The van der Waals surface area contributed by atoms with E-state index in [4.69, 9.17) is 4.74 Å². The van der Waals surface area contributed by atoms with Crippen molar-refractivity contribution in [2.45, 2.75) is 124 Å². The monoisotopic (exact) mass is 340 g/mol. The first kappa shape index (κ1) is 23.5. The molecule has 0 fully saturated rings. The van der Waals surface area contributed by atoms with Gasteiger partial charge in [-0.1, -0.05) is 111 Å². The van der Waals surface area contributed by atoms with Gasteiger partial charge >= 0.3 is 5.97 Å². The van der Waals surface area contributed by atoms with Gasteiger partial charge in [0.15, 0.2) is 0 Å². The van der Waals surface area contributed by atoms with E-state index in [9.17, 15) is 4.79 Å². The molecule has 0 amide bonds. The molecule has 0 aromatic rings. The lowest BCUT2D eigenvalue weighted by Gasteiger charge is -2.07. The van der Waals surface area contributed by atoms with Gasteiger partial charge in [-0.2, -0.15) is 0 Å². The Morgan fingerprint density at radius 1 is 0.667 bits per heavy atom. The van der Waals surface area contributed by atoms with Crippen molar-refractivity contribution in [3.8, 4) is 0 Å². The lowest BCUT2D eigenvalue weighted by Crippen LogP contribution is -2.09. The zero-order chi connectivity index (χ0) is 17.9. The van der Waals surface area contributed by atoms with Crippen LogP contribution in [0.1, 0.15) is 124 Å². The number of unbranched alkanes of at least 4 members (excludes halogenated alkanes) is 14. The fourth-order valence-electron chi connectivity index (χ4n) is 2.97. The SMILES string of the molecule is CCCCCCCCCCCCCCCCCC(=O)OCC(C)C. The third-order valence-corrected chi connectivity index (χ3v) is 4.56. The number of carbonyl (C=O) groups excluding carboxylic acids is 1. The van der Waals surface area contributed by atoms with Gasteiger partial charge in [0.2, 0.25) is 0 Å². The number of hydrogen-bond acceptors (Lipinski definition) is 2. The van der Waals surface area contributed by atoms with E-state index in [1.807, 2.05) is 0 Å². The highest BCUT2D eigenvalue weighted by molar-refractivity contribution is 5.69. The molecule has 0 N–H and O–H groups in total. The predicted molar refractivity (Wildman–Crippen MR) is 105 cm³/mol. The zero-order valence-electron chi connectivity index (χ0n) is 16.9. The predicted octanol–water partition coefficient (Wildman–Crippen LogP) is 7.45. The quantitative estimate of drug-likeness (QED) is 0.191. The Balaban J connectivity index is 3.08. The van der Waals surface area contributed by atoms with Crippen molar-refractivity contribution in [3.63, 3.8) is 0 Å². The molecule has 0 bridgehead atoms. The summed E-state index contributed by atoms with van der Waals surface area (Å²) in [6.07, 6.45) is 20.9. The smallest absolute Gasteiger partial charge is 0.305 e. The van der Waals surface area contributed by atoms with E-state index >= 15 is 0 Å². The average molecular weight is 341 g/mol. The van der Waals surface area contributed by atoms with E-state index in [0.29, 0.717) is 18.9 Å². The minimum absolute atomic E-state index is 0.0154. The molecule has 24 heavy (non-hydrogen) atoms. The zero-order valence-corrected chi connectivity index (χ0v) is 16.9. The number of esters is 1. The molecule has 0 saturated heterocycles. The van der Waals surface area contributed by atoms with Gasteiger partial charge in [0.1, 0.15) is 0 Å². The molecule has 0 aromatic carbocycles. The van der Waals surface area contributed by atoms with Crippen LogP contribution in [0.5, 0.6) is 0 Å². The Morgan fingerprint density at radius 3 is 1.42 bits per heavy atom. The molecule has 0 aliphatic carbocycles. The van der Waals surface area contributed by atoms with Crippen LogP contribution in [0.2, 0.25) is 0 Å². The average Bonchev–Trinajstić information content (AvgIpc) is 2.56. The summed E-state index contributed by atoms with van der Waals surface area (Å²) in [6.45, 7) is 6.99. The van der Waals surface area contributed by atoms with E-state index in [-0.39, 0.29) is 5.97 Å². The largest absolute Gasteiger partial charge is 0.465 e. The number of hydrogen-bond donors (Lipinski definition) is 0. The number of carbonyl (C=O) groups is 1. The summed E-state index contributed by atoms with van der Waals surface area (Å²) in [5, 5.41) is 0. The normalized spacial score (nSPS) is 11.2. The van der Waals surface area contributed by atoms with Crippen LogP contribution in [0.15, 0.2) is 0 Å². The maximum atomic E-state index is 11.5. The van der Waals surface area contributed by atoms with Crippen LogP contribution in [0, 0.1) is 5.92 Å². The van der Waals surface area contributed by atoms with Crippen molar-refractivity contribution in [2.24, 2.45) is 5.92 Å². The molecule has 0 unspecified atom stereocenters. The molecular weight excluding hydrogens is 296 g/mol. The molecular formula is C22H44O2. The molecule has 0 aliphatic heterocycles. The number of ether oxygens (including phenoxy) is 1. The Morgan fingerprint density at radius 2 is 1.04 bits per heavy atom. The van der Waals surface area contributed by atoms with Crippen LogP contribution >= 0.6 is 0 Å². The van der Waals surface area contributed by atoms with Crippen molar-refractivity contribution in [2.75, 3.05) is 6.61 Å². The van der Waals surface area contributed by atoms with E-state index in [1.54, 1.807) is 0 Å². The van der Waals surface area contributed by atoms with Crippen LogP contribution in [0.4, 0.5) is 0 Å². The molecule has 0 aromatic heterocycles. The molecule has 0 atom stereocenters. The van der Waals surface area contributed by atoms with Gasteiger partial charge in [0.25, 0.3) is 0 Å². The molecule has 0 heterocycles. The Labute approximate surface area is 152 Å². The fraction of sp³-hybridized carbons (Fsp3) is 0.955. The molecule has 0 rings (SSSR count). The third kappa shape index (κ3) is 19.5. The number of rotatable bonds is 18. The molecule has 0 aliphatic rings. The second kappa shape index (κ2) is 18.8. The van der Waals surface area contributed by atoms with Gasteiger partial charge in [-0.05, 0) is 12.3 Å². The van der Waals surface area contributed by atoms with Gasteiger partial charge in [-0.25, -0.2) is 0 Å². The molecule has 0 saturated carbocycles. The van der Waals surface area contributed by atoms with E-state index in [0.717, 1.165) is 6.42 Å². The van der Waals surface area contributed by atoms with Gasteiger partial charge in [0.05, 0.1) is 6.61 Å². The van der Waals surface area contributed by atoms with E-state index in [1.165, 1.54) is 89.9 Å². The van der Waals surface area contributed by atoms with Crippen LogP contribution in [-0.4, -0.2) is 12.6 Å². The minimum Gasteiger partial charge on any atom is -0.465 e. The molecule has 0 radical (unpaired) electrons. The standard InChI is InChI=1S/C22H44O2/c1-4-5-6-7-8-9-10-11-12-13-14-15-16-17-18-19-22(23)24-20-21(2)3/h21H,4-20H2,1-3H3. The van der Waals surface area contributed by atoms with Gasteiger partial charge in [0, 0.05) is 6.42 Å². The van der Waals surface area contributed by atoms with Crippen molar-refractivity contribution >= 4 is 5.97 Å². The molecule has 0 spiro atoms. The second-order valence-electron chi connectivity index (χ2n) is 7.78. The van der Waals surface area contributed by atoms with Crippen molar-refractivity contribution in [1.82, 2.24) is 0 Å². The van der Waals surface area contributed by atoms with Crippen LogP contribution in [0.3, 0.4) is 0 Å². The summed E-state index contributed by atoms with van der Waals surface area (Å²) in [5.74, 6) is 0.424. The van der Waals surface area contributed by atoms with Crippen molar-refractivity contribution in [1.29, 1.82) is 0 Å². The highest BCUT2D eigenvalue weighted by Gasteiger charge is 2.03. The Kier molecular flexibility index (Phi) is 18.4. The van der Waals surface area contributed by atoms with Gasteiger partial charge in [-0.3, -0.25) is 4.79 Å². The first-order valence-corrected chi connectivity index (χ1v) is 10.8. The summed E-state index contributed by atoms with van der Waals surface area (Å²) in [5.41, 5.74) is 0. The summed E-state index contributed by atoms with van der Waals surface area (Å²) in [7, 11) is 0. The van der Waals surface area contributed by atoms with E-state index < -0.39 is 0 Å². The van der Waals surface area contributed by atoms with Gasteiger partial charge < -0.3 is 4.74 Å². The maximum Gasteiger partial charge on any atom is 0.305 e. The topological polar surface area (TPSA) is 26.3 Å². The lowest BCUT2D eigenvalue weighted by molar-refractivity contribution is -0.144. The highest BCUT2D eigenvalue weighted by Crippen LogP contribution is 2.13. The maximum absolute atomic E-state index is 11.5. The van der Waals surface area contributed by atoms with Crippen molar-refractivity contribution in [3.05, 3.63) is 0 Å². The minimum atomic E-state index is -0.0154. The highest BCUT2D eigenvalue weighted by atomic mass is 16.5. The van der Waals surface area contributed by atoms with Crippen LogP contribution in [0.25, 0.3) is 0 Å². The first-order chi connectivity index (χ1) is 11.7.